The Hall–Kier alpha value is -2.73. The number of amides is 1. The second-order valence-electron chi connectivity index (χ2n) is 6.19. The van der Waals surface area contributed by atoms with Crippen LogP contribution in [0.4, 0.5) is 5.69 Å². The molecule has 1 saturated heterocycles. The predicted molar refractivity (Wildman–Crippen MR) is 115 cm³/mol. The predicted octanol–water partition coefficient (Wildman–Crippen LogP) is 5.11. The highest BCUT2D eigenvalue weighted by Crippen LogP contribution is 2.35. The first-order valence-corrected chi connectivity index (χ1v) is 10.1. The molecule has 1 aliphatic heterocycles. The minimum absolute atomic E-state index is 0.0658. The van der Waals surface area contributed by atoms with Crippen LogP contribution in [-0.2, 0) is 4.79 Å². The highest BCUT2D eigenvalue weighted by atomic mass is 32.2. The molecule has 0 aliphatic carbocycles. The van der Waals surface area contributed by atoms with Crippen LogP contribution in [0.5, 0.6) is 11.5 Å². The molecule has 146 valence electrons. The lowest BCUT2D eigenvalue weighted by molar-refractivity contribution is -0.121. The number of likely N-dealkylation sites (N-methyl/N-ethyl adjacent to an activating group) is 1. The number of hydrogen-bond donors (Lipinski definition) is 0. The molecule has 0 unspecified atom stereocenters. The van der Waals surface area contributed by atoms with E-state index in [9.17, 15) is 4.79 Å². The van der Waals surface area contributed by atoms with E-state index in [0.717, 1.165) is 23.4 Å². The average Bonchev–Trinajstić information content (AvgIpc) is 2.96. The fourth-order valence-corrected chi connectivity index (χ4v) is 3.62. The van der Waals surface area contributed by atoms with Crippen molar-refractivity contribution in [3.8, 4) is 11.5 Å². The van der Waals surface area contributed by atoms with Gasteiger partial charge in [-0.15, -0.1) is 0 Å². The minimum Gasteiger partial charge on any atom is -0.490 e. The summed E-state index contributed by atoms with van der Waals surface area (Å²) >= 11 is 1.37. The third kappa shape index (κ3) is 4.75. The normalized spacial score (nSPS) is 16.8. The number of amidine groups is 1. The Kier molecular flexibility index (Phi) is 6.76. The summed E-state index contributed by atoms with van der Waals surface area (Å²) in [6.07, 6.45) is 2.79. The van der Waals surface area contributed by atoms with Crippen molar-refractivity contribution in [2.75, 3.05) is 20.3 Å². The zero-order valence-electron chi connectivity index (χ0n) is 16.3. The summed E-state index contributed by atoms with van der Waals surface area (Å²) in [5.74, 6) is 1.34. The van der Waals surface area contributed by atoms with Crippen molar-refractivity contribution in [3.05, 3.63) is 59.0 Å². The maximum atomic E-state index is 12.6. The molecule has 6 heteroatoms. The fourth-order valence-electron chi connectivity index (χ4n) is 2.63. The first kappa shape index (κ1) is 20.0. The highest BCUT2D eigenvalue weighted by Gasteiger charge is 2.30. The Balaban J connectivity index is 1.85. The fraction of sp³-hybridized carbons (Fsp3) is 0.273. The Bertz CT molecular complexity index is 894. The van der Waals surface area contributed by atoms with Crippen LogP contribution in [-0.4, -0.2) is 36.2 Å². The van der Waals surface area contributed by atoms with E-state index in [1.807, 2.05) is 61.5 Å². The van der Waals surface area contributed by atoms with Crippen LogP contribution in [0.25, 0.3) is 6.08 Å². The van der Waals surface area contributed by atoms with E-state index >= 15 is 0 Å². The Morgan fingerprint density at radius 2 is 1.86 bits per heavy atom. The van der Waals surface area contributed by atoms with E-state index < -0.39 is 0 Å². The number of rotatable bonds is 7. The van der Waals surface area contributed by atoms with Gasteiger partial charge in [-0.1, -0.05) is 31.2 Å². The number of benzene rings is 2. The lowest BCUT2D eigenvalue weighted by Gasteiger charge is -2.12. The van der Waals surface area contributed by atoms with Crippen LogP contribution in [0.15, 0.2) is 58.4 Å². The first-order chi connectivity index (χ1) is 13.6. The summed E-state index contributed by atoms with van der Waals surface area (Å²) in [4.78, 5) is 19.4. The molecule has 2 aromatic carbocycles. The SMILES string of the molecule is CCCOc1ccc(C=C2SC(=Nc3ccccc3)N(C)C2=O)cc1OCC. The summed E-state index contributed by atoms with van der Waals surface area (Å²) in [6.45, 7) is 5.19. The Morgan fingerprint density at radius 3 is 2.57 bits per heavy atom. The van der Waals surface area contributed by atoms with Crippen LogP contribution in [0.2, 0.25) is 0 Å². The molecular weight excluding hydrogens is 372 g/mol. The molecule has 3 rings (SSSR count). The number of carbonyl (C=O) groups excluding carboxylic acids is 1. The van der Waals surface area contributed by atoms with Gasteiger partial charge in [-0.2, -0.15) is 0 Å². The van der Waals surface area contributed by atoms with Gasteiger partial charge in [-0.05, 0) is 61.0 Å². The quantitative estimate of drug-likeness (QED) is 0.611. The van der Waals surface area contributed by atoms with Crippen LogP contribution < -0.4 is 9.47 Å². The lowest BCUT2D eigenvalue weighted by atomic mass is 10.2. The topological polar surface area (TPSA) is 51.1 Å². The third-order valence-corrected chi connectivity index (χ3v) is 5.07. The molecule has 1 fully saturated rings. The number of carbonyl (C=O) groups is 1. The second-order valence-corrected chi connectivity index (χ2v) is 7.20. The van der Waals surface area contributed by atoms with Gasteiger partial charge >= 0.3 is 0 Å². The Morgan fingerprint density at radius 1 is 1.07 bits per heavy atom. The summed E-state index contributed by atoms with van der Waals surface area (Å²) in [5.41, 5.74) is 1.71. The van der Waals surface area contributed by atoms with E-state index in [-0.39, 0.29) is 5.91 Å². The molecule has 0 saturated carbocycles. The van der Waals surface area contributed by atoms with Gasteiger partial charge in [0, 0.05) is 7.05 Å². The largest absolute Gasteiger partial charge is 0.490 e. The summed E-state index contributed by atoms with van der Waals surface area (Å²) in [6, 6.07) is 15.3. The van der Waals surface area contributed by atoms with Crippen molar-refractivity contribution in [1.82, 2.24) is 4.90 Å². The lowest BCUT2D eigenvalue weighted by Crippen LogP contribution is -2.23. The minimum atomic E-state index is -0.0658. The van der Waals surface area contributed by atoms with Gasteiger partial charge < -0.3 is 9.47 Å². The van der Waals surface area contributed by atoms with Crippen LogP contribution in [0.1, 0.15) is 25.8 Å². The van der Waals surface area contributed by atoms with Crippen molar-refractivity contribution in [1.29, 1.82) is 0 Å². The van der Waals surface area contributed by atoms with Crippen molar-refractivity contribution < 1.29 is 14.3 Å². The molecule has 2 aromatic rings. The van der Waals surface area contributed by atoms with E-state index in [0.29, 0.717) is 29.0 Å². The smallest absolute Gasteiger partial charge is 0.266 e. The van der Waals surface area contributed by atoms with E-state index in [4.69, 9.17) is 9.47 Å². The molecule has 28 heavy (non-hydrogen) atoms. The summed E-state index contributed by atoms with van der Waals surface area (Å²) in [7, 11) is 1.74. The van der Waals surface area contributed by atoms with Crippen molar-refractivity contribution in [3.63, 3.8) is 0 Å². The van der Waals surface area contributed by atoms with Gasteiger partial charge in [-0.3, -0.25) is 9.69 Å². The van der Waals surface area contributed by atoms with E-state index in [1.165, 1.54) is 11.8 Å². The molecule has 1 amide bonds. The van der Waals surface area contributed by atoms with E-state index in [1.54, 1.807) is 11.9 Å². The number of nitrogens with zero attached hydrogens (tertiary/aromatic N) is 2. The molecule has 1 aliphatic rings. The number of aliphatic imine (C=N–C) groups is 1. The monoisotopic (exact) mass is 396 g/mol. The number of para-hydroxylation sites is 1. The average molecular weight is 397 g/mol. The van der Waals surface area contributed by atoms with Crippen molar-refractivity contribution >= 4 is 34.6 Å². The molecule has 0 atom stereocenters. The van der Waals surface area contributed by atoms with Gasteiger partial charge in [0.2, 0.25) is 0 Å². The number of ether oxygens (including phenoxy) is 2. The van der Waals surface area contributed by atoms with Crippen LogP contribution in [0, 0.1) is 0 Å². The van der Waals surface area contributed by atoms with Gasteiger partial charge in [0.1, 0.15) is 0 Å². The van der Waals surface area contributed by atoms with Crippen molar-refractivity contribution in [2.24, 2.45) is 4.99 Å². The maximum absolute atomic E-state index is 12.6. The van der Waals surface area contributed by atoms with Gasteiger partial charge in [-0.25, -0.2) is 4.99 Å². The van der Waals surface area contributed by atoms with Gasteiger partial charge in [0.25, 0.3) is 5.91 Å². The van der Waals surface area contributed by atoms with E-state index in [2.05, 4.69) is 11.9 Å². The maximum Gasteiger partial charge on any atom is 0.266 e. The summed E-state index contributed by atoms with van der Waals surface area (Å²) in [5, 5.41) is 0.662. The zero-order chi connectivity index (χ0) is 19.9. The molecule has 0 bridgehead atoms. The van der Waals surface area contributed by atoms with Gasteiger partial charge in [0.05, 0.1) is 23.8 Å². The molecule has 0 aromatic heterocycles. The molecule has 1 heterocycles. The molecule has 0 N–H and O–H groups in total. The van der Waals surface area contributed by atoms with Crippen LogP contribution in [0.3, 0.4) is 0 Å². The van der Waals surface area contributed by atoms with Gasteiger partial charge in [0.15, 0.2) is 16.7 Å². The van der Waals surface area contributed by atoms with Crippen LogP contribution >= 0.6 is 11.8 Å². The zero-order valence-corrected chi connectivity index (χ0v) is 17.2. The number of hydrogen-bond acceptors (Lipinski definition) is 5. The third-order valence-electron chi connectivity index (χ3n) is 4.01. The summed E-state index contributed by atoms with van der Waals surface area (Å²) < 4.78 is 11.4. The molecular formula is C22H24N2O3S. The highest BCUT2D eigenvalue weighted by molar-refractivity contribution is 8.18. The molecule has 5 nitrogen and oxygen atoms in total. The second kappa shape index (κ2) is 9.46. The van der Waals surface area contributed by atoms with Crippen molar-refractivity contribution in [2.45, 2.75) is 20.3 Å². The standard InChI is InChI=1S/C22H24N2O3S/c1-4-13-27-18-12-11-16(14-19(18)26-5-2)15-20-21(25)24(3)22(28-20)23-17-9-7-6-8-10-17/h6-12,14-15H,4-5,13H2,1-3H3. The number of thioether (sulfide) groups is 1. The first-order valence-electron chi connectivity index (χ1n) is 9.33. The molecule has 0 radical (unpaired) electrons. The Labute approximate surface area is 170 Å². The molecule has 0 spiro atoms.